The number of hydrogen-bond donors (Lipinski definition) is 0. The molecule has 1 aromatic rings. The van der Waals surface area contributed by atoms with Crippen molar-refractivity contribution in [1.29, 1.82) is 0 Å². The molecule has 1 saturated heterocycles. The van der Waals surface area contributed by atoms with Crippen LogP contribution in [0.4, 0.5) is 4.39 Å². The minimum atomic E-state index is -3.55. The maximum absolute atomic E-state index is 13.3. The smallest absolute Gasteiger partial charge is 0.264 e. The molecule has 9 heteroatoms. The molecule has 2 rings (SSSR count). The first-order valence-corrected chi connectivity index (χ1v) is 15.6. The molecule has 0 aliphatic carbocycles. The lowest BCUT2D eigenvalue weighted by Crippen LogP contribution is -2.44. The number of carbonyl (C=O) groups is 1. The minimum Gasteiger partial charge on any atom is -0.410 e. The maximum Gasteiger partial charge on any atom is 0.264 e. The lowest BCUT2D eigenvalue weighted by atomic mass is 10.1. The number of amides is 1. The molecule has 1 aliphatic heterocycles. The molecule has 1 heterocycles. The number of carbonyl (C=O) groups excluding carboxylic acids is 1. The fraction of sp³-hybridized carbons (Fsp3) is 0.609. The van der Waals surface area contributed by atoms with Crippen LogP contribution in [0.3, 0.4) is 0 Å². The third-order valence-electron chi connectivity index (χ3n) is 6.15. The average molecular weight is 486 g/mol. The van der Waals surface area contributed by atoms with Gasteiger partial charge in [0.2, 0.25) is 5.91 Å². The van der Waals surface area contributed by atoms with Crippen LogP contribution in [-0.2, 0) is 29.9 Å². The molecule has 0 radical (unpaired) electrons. The van der Waals surface area contributed by atoms with Crippen LogP contribution in [0.2, 0.25) is 18.1 Å². The highest BCUT2D eigenvalue weighted by Gasteiger charge is 2.39. The van der Waals surface area contributed by atoms with Gasteiger partial charge in [-0.15, -0.1) is 0 Å². The monoisotopic (exact) mass is 485 g/mol. The van der Waals surface area contributed by atoms with Gasteiger partial charge in [0.1, 0.15) is 5.82 Å². The molecule has 1 fully saturated rings. The molecule has 6 nitrogen and oxygen atoms in total. The second-order valence-corrected chi connectivity index (χ2v) is 16.3. The third-order valence-corrected chi connectivity index (χ3v) is 11.3. The molecule has 0 aromatic heterocycles. The molecule has 32 heavy (non-hydrogen) atoms. The summed E-state index contributed by atoms with van der Waals surface area (Å²) in [6, 6.07) is 6.28. The summed E-state index contributed by atoms with van der Waals surface area (Å²) in [6.45, 7) is 11.1. The van der Waals surface area contributed by atoms with E-state index in [0.29, 0.717) is 19.3 Å². The highest BCUT2D eigenvalue weighted by atomic mass is 32.2. The molecule has 0 saturated carbocycles. The Hall–Kier alpha value is -1.55. The Morgan fingerprint density at radius 1 is 1.25 bits per heavy atom. The summed E-state index contributed by atoms with van der Waals surface area (Å²) in [5, 5.41) is 0.0280. The van der Waals surface area contributed by atoms with Crippen LogP contribution in [0.25, 0.3) is 0 Å². The fourth-order valence-corrected chi connectivity index (χ4v) is 4.99. The van der Waals surface area contributed by atoms with E-state index in [4.69, 9.17) is 8.61 Å². The molecule has 0 N–H and O–H groups in total. The number of benzene rings is 1. The van der Waals surface area contributed by atoms with E-state index in [-0.39, 0.29) is 42.1 Å². The van der Waals surface area contributed by atoms with E-state index >= 15 is 0 Å². The SMILES string of the molecule is CC(C)(C)[Si](C)(C)O[C@H](C=C[C@H]1CCC(=O)N1CCOS(C)(=O)=O)Cc1ccc(F)cc1. The van der Waals surface area contributed by atoms with Crippen LogP contribution in [0.15, 0.2) is 36.4 Å². The number of halogens is 1. The normalized spacial score (nSPS) is 19.2. The Balaban J connectivity index is 2.16. The Labute approximate surface area is 193 Å². The van der Waals surface area contributed by atoms with Gasteiger partial charge in [-0.1, -0.05) is 45.1 Å². The summed E-state index contributed by atoms with van der Waals surface area (Å²) in [6.07, 6.45) is 6.43. The van der Waals surface area contributed by atoms with Crippen molar-refractivity contribution in [3.63, 3.8) is 0 Å². The van der Waals surface area contributed by atoms with Gasteiger partial charge >= 0.3 is 0 Å². The molecule has 0 unspecified atom stereocenters. The van der Waals surface area contributed by atoms with Gasteiger partial charge in [0, 0.05) is 19.4 Å². The van der Waals surface area contributed by atoms with E-state index in [1.54, 1.807) is 17.0 Å². The van der Waals surface area contributed by atoms with Crippen molar-refractivity contribution >= 4 is 24.3 Å². The molecule has 1 aliphatic rings. The topological polar surface area (TPSA) is 72.9 Å². The van der Waals surface area contributed by atoms with Crippen molar-refractivity contribution in [1.82, 2.24) is 4.90 Å². The quantitative estimate of drug-likeness (QED) is 0.281. The van der Waals surface area contributed by atoms with Gasteiger partial charge in [-0.2, -0.15) is 8.42 Å². The van der Waals surface area contributed by atoms with Gasteiger partial charge in [0.15, 0.2) is 8.32 Å². The van der Waals surface area contributed by atoms with Crippen molar-refractivity contribution in [3.05, 3.63) is 47.8 Å². The zero-order valence-corrected chi connectivity index (χ0v) is 21.7. The van der Waals surface area contributed by atoms with E-state index in [0.717, 1.165) is 11.8 Å². The lowest BCUT2D eigenvalue weighted by Gasteiger charge is -2.39. The summed E-state index contributed by atoms with van der Waals surface area (Å²) >= 11 is 0. The summed E-state index contributed by atoms with van der Waals surface area (Å²) < 4.78 is 47.2. The summed E-state index contributed by atoms with van der Waals surface area (Å²) in [4.78, 5) is 14.0. The van der Waals surface area contributed by atoms with Gasteiger partial charge in [0.05, 0.1) is 25.0 Å². The number of likely N-dealkylation sites (tertiary alicyclic amines) is 1. The minimum absolute atomic E-state index is 0.0165. The standard InChI is InChI=1S/C23H36FNO5SSi/c1-23(2,3)32(5,6)30-21(17-18-7-9-19(24)10-8-18)13-11-20-12-14-22(26)25(20)15-16-29-31(4,27)28/h7-11,13,20-21H,12,14-17H2,1-6H3/t20-,21+/m0/s1. The number of nitrogens with zero attached hydrogens (tertiary/aromatic N) is 1. The molecule has 180 valence electrons. The third kappa shape index (κ3) is 8.10. The largest absolute Gasteiger partial charge is 0.410 e. The fourth-order valence-electron chi connectivity index (χ4n) is 3.34. The van der Waals surface area contributed by atoms with E-state index in [9.17, 15) is 17.6 Å². The van der Waals surface area contributed by atoms with Gasteiger partial charge < -0.3 is 9.33 Å². The lowest BCUT2D eigenvalue weighted by molar-refractivity contribution is -0.128. The molecular weight excluding hydrogens is 449 g/mol. The van der Waals surface area contributed by atoms with Gasteiger partial charge in [-0.05, 0) is 42.2 Å². The van der Waals surface area contributed by atoms with Gasteiger partial charge in [-0.3, -0.25) is 8.98 Å². The molecule has 0 spiro atoms. The predicted octanol–water partition coefficient (Wildman–Crippen LogP) is 4.28. The van der Waals surface area contributed by atoms with Crippen LogP contribution >= 0.6 is 0 Å². The molecule has 1 amide bonds. The average Bonchev–Trinajstić information content (AvgIpc) is 2.99. The van der Waals surface area contributed by atoms with Crippen molar-refractivity contribution < 1.29 is 26.2 Å². The number of rotatable bonds is 10. The van der Waals surface area contributed by atoms with Gasteiger partial charge in [0.25, 0.3) is 10.1 Å². The second-order valence-electron chi connectivity index (χ2n) is 9.85. The Morgan fingerprint density at radius 3 is 2.44 bits per heavy atom. The second kappa shape index (κ2) is 10.6. The highest BCUT2D eigenvalue weighted by Crippen LogP contribution is 2.38. The van der Waals surface area contributed by atoms with Crippen molar-refractivity contribution in [2.24, 2.45) is 0 Å². The summed E-state index contributed by atoms with van der Waals surface area (Å²) in [7, 11) is -5.62. The van der Waals surface area contributed by atoms with Crippen molar-refractivity contribution in [2.45, 2.75) is 70.3 Å². The molecule has 2 atom stereocenters. The van der Waals surface area contributed by atoms with E-state index in [1.807, 2.05) is 12.2 Å². The Morgan fingerprint density at radius 2 is 1.88 bits per heavy atom. The van der Waals surface area contributed by atoms with E-state index in [2.05, 4.69) is 33.9 Å². The van der Waals surface area contributed by atoms with Crippen LogP contribution in [-0.4, -0.2) is 59.1 Å². The van der Waals surface area contributed by atoms with Crippen LogP contribution in [0.1, 0.15) is 39.2 Å². The van der Waals surface area contributed by atoms with Crippen LogP contribution in [0.5, 0.6) is 0 Å². The molecule has 1 aromatic carbocycles. The van der Waals surface area contributed by atoms with Gasteiger partial charge in [-0.25, -0.2) is 4.39 Å². The zero-order chi connectivity index (χ0) is 24.2. The highest BCUT2D eigenvalue weighted by molar-refractivity contribution is 7.85. The Kier molecular flexibility index (Phi) is 8.83. The van der Waals surface area contributed by atoms with E-state index in [1.165, 1.54) is 12.1 Å². The molecule has 0 bridgehead atoms. The van der Waals surface area contributed by atoms with Crippen LogP contribution in [0, 0.1) is 5.82 Å². The molecular formula is C23H36FNO5SSi. The van der Waals surface area contributed by atoms with Crippen molar-refractivity contribution in [2.75, 3.05) is 19.4 Å². The predicted molar refractivity (Wildman–Crippen MR) is 127 cm³/mol. The first kappa shape index (κ1) is 26.7. The van der Waals surface area contributed by atoms with Crippen LogP contribution < -0.4 is 0 Å². The number of hydrogen-bond acceptors (Lipinski definition) is 5. The van der Waals surface area contributed by atoms with E-state index < -0.39 is 18.4 Å². The zero-order valence-electron chi connectivity index (χ0n) is 19.9. The maximum atomic E-state index is 13.3. The van der Waals surface area contributed by atoms with Crippen molar-refractivity contribution in [3.8, 4) is 0 Å². The Bertz CT molecular complexity index is 909. The summed E-state index contributed by atoms with van der Waals surface area (Å²) in [5.74, 6) is -0.292. The first-order chi connectivity index (χ1) is 14.7. The summed E-state index contributed by atoms with van der Waals surface area (Å²) in [5.41, 5.74) is 0.973. The first-order valence-electron chi connectivity index (χ1n) is 10.9.